The molecule has 2 aromatic heterocycles. The van der Waals surface area contributed by atoms with Gasteiger partial charge in [-0.05, 0) is 18.9 Å². The van der Waals surface area contributed by atoms with E-state index >= 15 is 0 Å². The molecule has 1 fully saturated rings. The van der Waals surface area contributed by atoms with E-state index in [9.17, 15) is 0 Å². The normalized spacial score (nSPS) is 15.3. The van der Waals surface area contributed by atoms with E-state index < -0.39 is 0 Å². The monoisotopic (exact) mass is 232 g/mol. The molecule has 1 aliphatic carbocycles. The van der Waals surface area contributed by atoms with Gasteiger partial charge in [-0.25, -0.2) is 15.0 Å². The van der Waals surface area contributed by atoms with Crippen LogP contribution in [0.3, 0.4) is 0 Å². The SMILES string of the molecule is NCc1sc(-c2ncccn2)nc1C1CC1. The van der Waals surface area contributed by atoms with Crippen LogP contribution < -0.4 is 5.73 Å². The van der Waals surface area contributed by atoms with Gasteiger partial charge in [0.25, 0.3) is 0 Å². The van der Waals surface area contributed by atoms with E-state index in [1.165, 1.54) is 23.4 Å². The number of hydrogen-bond donors (Lipinski definition) is 1. The van der Waals surface area contributed by atoms with Crippen molar-refractivity contribution in [3.8, 4) is 10.8 Å². The van der Waals surface area contributed by atoms with Gasteiger partial charge in [0, 0.05) is 29.7 Å². The van der Waals surface area contributed by atoms with Gasteiger partial charge in [-0.15, -0.1) is 11.3 Å². The maximum absolute atomic E-state index is 5.74. The van der Waals surface area contributed by atoms with Crippen LogP contribution in [0.4, 0.5) is 0 Å². The lowest BCUT2D eigenvalue weighted by Gasteiger charge is -1.93. The molecule has 0 unspecified atom stereocenters. The molecule has 2 heterocycles. The molecule has 1 aliphatic rings. The Morgan fingerprint density at radius 3 is 2.69 bits per heavy atom. The Morgan fingerprint density at radius 2 is 2.06 bits per heavy atom. The summed E-state index contributed by atoms with van der Waals surface area (Å²) in [4.78, 5) is 14.2. The van der Waals surface area contributed by atoms with Gasteiger partial charge < -0.3 is 5.73 Å². The van der Waals surface area contributed by atoms with Crippen LogP contribution in [0.2, 0.25) is 0 Å². The summed E-state index contributed by atoms with van der Waals surface area (Å²) in [5.74, 6) is 1.33. The molecule has 82 valence electrons. The van der Waals surface area contributed by atoms with Crippen LogP contribution >= 0.6 is 11.3 Å². The van der Waals surface area contributed by atoms with Crippen LogP contribution in [0.25, 0.3) is 10.8 Å². The molecule has 0 spiro atoms. The van der Waals surface area contributed by atoms with Crippen LogP contribution in [0.5, 0.6) is 0 Å². The fraction of sp³-hybridized carbons (Fsp3) is 0.364. The van der Waals surface area contributed by atoms with Crippen molar-refractivity contribution >= 4 is 11.3 Å². The summed E-state index contributed by atoms with van der Waals surface area (Å²) in [7, 11) is 0. The third-order valence-electron chi connectivity index (χ3n) is 2.63. The maximum atomic E-state index is 5.74. The van der Waals surface area contributed by atoms with Gasteiger partial charge in [0.05, 0.1) is 5.69 Å². The zero-order valence-electron chi connectivity index (χ0n) is 8.76. The summed E-state index contributed by atoms with van der Waals surface area (Å²) < 4.78 is 0. The van der Waals surface area contributed by atoms with Crippen LogP contribution in [0.1, 0.15) is 29.3 Å². The summed E-state index contributed by atoms with van der Waals surface area (Å²) >= 11 is 1.62. The van der Waals surface area contributed by atoms with Crippen molar-refractivity contribution < 1.29 is 0 Å². The lowest BCUT2D eigenvalue weighted by molar-refractivity contribution is 0.976. The second-order valence-corrected chi connectivity index (χ2v) is 4.96. The van der Waals surface area contributed by atoms with Gasteiger partial charge >= 0.3 is 0 Å². The molecule has 0 atom stereocenters. The Kier molecular flexibility index (Phi) is 2.41. The smallest absolute Gasteiger partial charge is 0.188 e. The number of nitrogens with zero attached hydrogens (tertiary/aromatic N) is 3. The van der Waals surface area contributed by atoms with Gasteiger partial charge in [-0.3, -0.25) is 0 Å². The third-order valence-corrected chi connectivity index (χ3v) is 3.72. The first kappa shape index (κ1) is 9.86. The topological polar surface area (TPSA) is 64.7 Å². The highest BCUT2D eigenvalue weighted by Crippen LogP contribution is 2.43. The zero-order valence-corrected chi connectivity index (χ0v) is 9.57. The van der Waals surface area contributed by atoms with Gasteiger partial charge in [0.2, 0.25) is 0 Å². The summed E-state index contributed by atoms with van der Waals surface area (Å²) in [5, 5.41) is 0.892. The second kappa shape index (κ2) is 3.92. The summed E-state index contributed by atoms with van der Waals surface area (Å²) in [5.41, 5.74) is 6.91. The Morgan fingerprint density at radius 1 is 1.31 bits per heavy atom. The molecule has 0 radical (unpaired) electrons. The predicted molar refractivity (Wildman–Crippen MR) is 63.0 cm³/mol. The minimum atomic E-state index is 0.566. The second-order valence-electron chi connectivity index (χ2n) is 3.88. The van der Waals surface area contributed by atoms with Crippen molar-refractivity contribution in [2.75, 3.05) is 0 Å². The molecule has 0 aromatic carbocycles. The minimum Gasteiger partial charge on any atom is -0.326 e. The average molecular weight is 232 g/mol. The van der Waals surface area contributed by atoms with Crippen molar-refractivity contribution in [2.24, 2.45) is 5.73 Å². The average Bonchev–Trinajstić information content (AvgIpc) is 3.10. The molecule has 16 heavy (non-hydrogen) atoms. The molecular weight excluding hydrogens is 220 g/mol. The standard InChI is InChI=1S/C11H12N4S/c12-6-8-9(7-2-3-7)15-11(16-8)10-13-4-1-5-14-10/h1,4-5,7H,2-3,6,12H2. The lowest BCUT2D eigenvalue weighted by Crippen LogP contribution is -1.96. The van der Waals surface area contributed by atoms with E-state index in [0.717, 1.165) is 5.01 Å². The Labute approximate surface area is 97.6 Å². The molecule has 2 aromatic rings. The van der Waals surface area contributed by atoms with E-state index in [1.807, 2.05) is 6.07 Å². The first-order valence-electron chi connectivity index (χ1n) is 5.35. The van der Waals surface area contributed by atoms with Crippen molar-refractivity contribution in [1.29, 1.82) is 0 Å². The highest BCUT2D eigenvalue weighted by molar-refractivity contribution is 7.15. The van der Waals surface area contributed by atoms with Gasteiger partial charge in [0.1, 0.15) is 0 Å². The van der Waals surface area contributed by atoms with Crippen molar-refractivity contribution in [3.05, 3.63) is 29.0 Å². The highest BCUT2D eigenvalue weighted by atomic mass is 32.1. The van der Waals surface area contributed by atoms with Gasteiger partial charge in [-0.2, -0.15) is 0 Å². The molecule has 3 rings (SSSR count). The Hall–Kier alpha value is -1.33. The van der Waals surface area contributed by atoms with Crippen molar-refractivity contribution in [3.63, 3.8) is 0 Å². The molecule has 5 heteroatoms. The molecule has 0 bridgehead atoms. The summed E-state index contributed by atoms with van der Waals surface area (Å²) in [6, 6.07) is 1.81. The van der Waals surface area contributed by atoms with Gasteiger partial charge in [-0.1, -0.05) is 0 Å². The Bertz CT molecular complexity index is 490. The van der Waals surface area contributed by atoms with Crippen molar-refractivity contribution in [2.45, 2.75) is 25.3 Å². The third kappa shape index (κ3) is 1.72. The number of hydrogen-bond acceptors (Lipinski definition) is 5. The molecule has 4 nitrogen and oxygen atoms in total. The number of nitrogens with two attached hydrogens (primary N) is 1. The predicted octanol–water partition coefficient (Wildman–Crippen LogP) is 1.94. The molecule has 1 saturated carbocycles. The van der Waals surface area contributed by atoms with E-state index in [2.05, 4.69) is 15.0 Å². The number of rotatable bonds is 3. The maximum Gasteiger partial charge on any atom is 0.188 e. The van der Waals surface area contributed by atoms with E-state index in [0.29, 0.717) is 18.3 Å². The van der Waals surface area contributed by atoms with Crippen LogP contribution in [0.15, 0.2) is 18.5 Å². The summed E-state index contributed by atoms with van der Waals surface area (Å²) in [6.07, 6.45) is 5.96. The molecule has 0 amide bonds. The quantitative estimate of drug-likeness (QED) is 0.878. The lowest BCUT2D eigenvalue weighted by atomic mass is 10.2. The molecule has 0 saturated heterocycles. The van der Waals surface area contributed by atoms with E-state index in [1.54, 1.807) is 23.7 Å². The van der Waals surface area contributed by atoms with Gasteiger partial charge in [0.15, 0.2) is 10.8 Å². The fourth-order valence-electron chi connectivity index (χ4n) is 1.69. The van der Waals surface area contributed by atoms with Crippen LogP contribution in [-0.4, -0.2) is 15.0 Å². The largest absolute Gasteiger partial charge is 0.326 e. The molecule has 2 N–H and O–H groups in total. The van der Waals surface area contributed by atoms with Crippen molar-refractivity contribution in [1.82, 2.24) is 15.0 Å². The van der Waals surface area contributed by atoms with Crippen LogP contribution in [-0.2, 0) is 6.54 Å². The summed E-state index contributed by atoms with van der Waals surface area (Å²) in [6.45, 7) is 0.566. The van der Waals surface area contributed by atoms with E-state index in [4.69, 9.17) is 5.73 Å². The first-order valence-corrected chi connectivity index (χ1v) is 6.17. The first-order chi connectivity index (χ1) is 7.88. The fourth-order valence-corrected chi connectivity index (χ4v) is 2.66. The minimum absolute atomic E-state index is 0.566. The Balaban J connectivity index is 2.02. The number of thiazole rings is 1. The van der Waals surface area contributed by atoms with E-state index in [-0.39, 0.29) is 0 Å². The molecule has 0 aliphatic heterocycles. The highest BCUT2D eigenvalue weighted by Gasteiger charge is 2.29. The van der Waals surface area contributed by atoms with Crippen LogP contribution in [0, 0.1) is 0 Å². The zero-order chi connectivity index (χ0) is 11.0. The molecular formula is C11H12N4S. The number of aromatic nitrogens is 3.